The van der Waals surface area contributed by atoms with E-state index in [0.717, 1.165) is 66.3 Å². The number of aromatic nitrogens is 3. The maximum absolute atomic E-state index is 13.1. The van der Waals surface area contributed by atoms with E-state index in [9.17, 15) is 4.79 Å². The first kappa shape index (κ1) is 21.6. The Bertz CT molecular complexity index is 1240. The number of fused-ring (bicyclic) bond motifs is 1. The normalized spacial score (nSPS) is 14.7. The van der Waals surface area contributed by atoms with Crippen LogP contribution in [-0.4, -0.2) is 63.8 Å². The minimum absolute atomic E-state index is 0.0897. The van der Waals surface area contributed by atoms with Crippen molar-refractivity contribution in [1.29, 1.82) is 0 Å². The summed E-state index contributed by atoms with van der Waals surface area (Å²) in [6.45, 7) is 6.40. The quantitative estimate of drug-likeness (QED) is 0.437. The highest BCUT2D eigenvalue weighted by Crippen LogP contribution is 2.31. The smallest absolute Gasteiger partial charge is 0.244 e. The number of nitrogens with zero attached hydrogens (tertiary/aromatic N) is 5. The van der Waals surface area contributed by atoms with Crippen molar-refractivity contribution >= 4 is 28.3 Å². The lowest BCUT2D eigenvalue weighted by molar-refractivity contribution is -0.133. The molecular formula is C25H27N5O2S. The third kappa shape index (κ3) is 4.49. The fourth-order valence-electron chi connectivity index (χ4n) is 4.41. The molecule has 8 heteroatoms. The highest BCUT2D eigenvalue weighted by molar-refractivity contribution is 7.09. The SMILES string of the molecule is COc1ccc(-c2ccnc3c2c(C)nn3CC(=O)N2CCN(Cc3cccs3)CC2)cc1. The van der Waals surface area contributed by atoms with E-state index in [1.165, 1.54) is 4.88 Å². The van der Waals surface area contributed by atoms with E-state index < -0.39 is 0 Å². The van der Waals surface area contributed by atoms with Crippen LogP contribution < -0.4 is 4.74 Å². The number of benzene rings is 1. The Balaban J connectivity index is 1.31. The van der Waals surface area contributed by atoms with Gasteiger partial charge in [0.25, 0.3) is 0 Å². The molecule has 0 aliphatic carbocycles. The molecule has 0 saturated carbocycles. The third-order valence-corrected chi connectivity index (χ3v) is 7.04. The van der Waals surface area contributed by atoms with Crippen molar-refractivity contribution in [3.8, 4) is 16.9 Å². The van der Waals surface area contributed by atoms with Crippen LogP contribution in [0.5, 0.6) is 5.75 Å². The number of rotatable bonds is 6. The van der Waals surface area contributed by atoms with E-state index in [1.54, 1.807) is 29.3 Å². The van der Waals surface area contributed by atoms with Crippen LogP contribution in [-0.2, 0) is 17.9 Å². The molecule has 4 aromatic rings. The minimum Gasteiger partial charge on any atom is -0.497 e. The summed E-state index contributed by atoms with van der Waals surface area (Å²) < 4.78 is 7.03. The Morgan fingerprint density at radius 3 is 2.58 bits per heavy atom. The second-order valence-corrected chi connectivity index (χ2v) is 9.30. The topological polar surface area (TPSA) is 63.5 Å². The summed E-state index contributed by atoms with van der Waals surface area (Å²) in [4.78, 5) is 23.4. The van der Waals surface area contributed by atoms with Crippen molar-refractivity contribution in [2.75, 3.05) is 33.3 Å². The van der Waals surface area contributed by atoms with Gasteiger partial charge in [0.05, 0.1) is 12.8 Å². The van der Waals surface area contributed by atoms with Crippen LogP contribution in [0, 0.1) is 6.92 Å². The molecule has 4 heterocycles. The minimum atomic E-state index is 0.0897. The number of carbonyl (C=O) groups is 1. The van der Waals surface area contributed by atoms with E-state index in [-0.39, 0.29) is 12.5 Å². The van der Waals surface area contributed by atoms with Crippen molar-refractivity contribution in [2.45, 2.75) is 20.0 Å². The number of piperazine rings is 1. The van der Waals surface area contributed by atoms with Gasteiger partial charge >= 0.3 is 0 Å². The van der Waals surface area contributed by atoms with Gasteiger partial charge in [0.15, 0.2) is 5.65 Å². The van der Waals surface area contributed by atoms with E-state index in [1.807, 2.05) is 42.2 Å². The number of hydrogen-bond acceptors (Lipinski definition) is 6. The van der Waals surface area contributed by atoms with Gasteiger partial charge in [-0.15, -0.1) is 11.3 Å². The predicted octanol–water partition coefficient (Wildman–Crippen LogP) is 3.82. The molecule has 1 aromatic carbocycles. The van der Waals surface area contributed by atoms with Crippen molar-refractivity contribution < 1.29 is 9.53 Å². The van der Waals surface area contributed by atoms with Crippen LogP contribution in [0.2, 0.25) is 0 Å². The van der Waals surface area contributed by atoms with Gasteiger partial charge in [-0.3, -0.25) is 9.69 Å². The number of amides is 1. The van der Waals surface area contributed by atoms with E-state index >= 15 is 0 Å². The molecule has 1 amide bonds. The van der Waals surface area contributed by atoms with Gasteiger partial charge < -0.3 is 9.64 Å². The van der Waals surface area contributed by atoms with Crippen molar-refractivity contribution in [3.05, 3.63) is 64.6 Å². The third-order valence-electron chi connectivity index (χ3n) is 6.18. The summed E-state index contributed by atoms with van der Waals surface area (Å²) in [5, 5.41) is 7.78. The van der Waals surface area contributed by atoms with Crippen molar-refractivity contribution in [3.63, 3.8) is 0 Å². The molecule has 33 heavy (non-hydrogen) atoms. The molecule has 0 atom stereocenters. The molecule has 1 saturated heterocycles. The fraction of sp³-hybridized carbons (Fsp3) is 0.320. The first-order valence-corrected chi connectivity index (χ1v) is 12.0. The summed E-state index contributed by atoms with van der Waals surface area (Å²) in [6, 6.07) is 14.2. The summed E-state index contributed by atoms with van der Waals surface area (Å²) in [7, 11) is 1.66. The molecule has 7 nitrogen and oxygen atoms in total. The highest BCUT2D eigenvalue weighted by atomic mass is 32.1. The molecule has 170 valence electrons. The van der Waals surface area contributed by atoms with Crippen LogP contribution in [0.25, 0.3) is 22.2 Å². The zero-order valence-corrected chi connectivity index (χ0v) is 19.7. The average Bonchev–Trinajstić information content (AvgIpc) is 3.47. The van der Waals surface area contributed by atoms with Gasteiger partial charge in [-0.1, -0.05) is 18.2 Å². The van der Waals surface area contributed by atoms with Gasteiger partial charge in [-0.2, -0.15) is 5.10 Å². The molecule has 3 aromatic heterocycles. The molecule has 0 spiro atoms. The summed E-state index contributed by atoms with van der Waals surface area (Å²) >= 11 is 1.78. The molecule has 0 unspecified atom stereocenters. The van der Waals surface area contributed by atoms with Gasteiger partial charge in [0.1, 0.15) is 12.3 Å². The van der Waals surface area contributed by atoms with Gasteiger partial charge in [0, 0.05) is 49.2 Å². The standard InChI is InChI=1S/C25H27N5O2S/c1-18-24-22(19-5-7-20(32-2)8-6-19)9-10-26-25(24)30(27-18)17-23(31)29-13-11-28(12-14-29)16-21-4-3-15-33-21/h3-10,15H,11-14,16-17H2,1-2H3. The van der Waals surface area contributed by atoms with E-state index in [0.29, 0.717) is 0 Å². The monoisotopic (exact) mass is 461 g/mol. The number of ether oxygens (including phenoxy) is 1. The maximum Gasteiger partial charge on any atom is 0.244 e. The number of thiophene rings is 1. The predicted molar refractivity (Wildman–Crippen MR) is 130 cm³/mol. The number of pyridine rings is 1. The highest BCUT2D eigenvalue weighted by Gasteiger charge is 2.23. The molecule has 5 rings (SSSR count). The average molecular weight is 462 g/mol. The van der Waals surface area contributed by atoms with Gasteiger partial charge in [0.2, 0.25) is 5.91 Å². The Hall–Kier alpha value is -3.23. The molecular weight excluding hydrogens is 434 g/mol. The largest absolute Gasteiger partial charge is 0.497 e. The second-order valence-electron chi connectivity index (χ2n) is 8.26. The van der Waals surface area contributed by atoms with Crippen LogP contribution in [0.3, 0.4) is 0 Å². The zero-order chi connectivity index (χ0) is 22.8. The lowest BCUT2D eigenvalue weighted by Gasteiger charge is -2.34. The van der Waals surface area contributed by atoms with E-state index in [4.69, 9.17) is 4.74 Å². The Kier molecular flexibility index (Phi) is 6.11. The second kappa shape index (κ2) is 9.33. The number of carbonyl (C=O) groups excluding carboxylic acids is 1. The molecule has 1 fully saturated rings. The van der Waals surface area contributed by atoms with Crippen molar-refractivity contribution in [1.82, 2.24) is 24.6 Å². The molecule has 0 N–H and O–H groups in total. The lowest BCUT2D eigenvalue weighted by atomic mass is 10.0. The molecule has 1 aliphatic heterocycles. The summed E-state index contributed by atoms with van der Waals surface area (Å²) in [5.41, 5.74) is 3.74. The van der Waals surface area contributed by atoms with Gasteiger partial charge in [-0.05, 0) is 47.7 Å². The number of aryl methyl sites for hydroxylation is 1. The summed E-state index contributed by atoms with van der Waals surface area (Å²) in [6.07, 6.45) is 1.79. The first-order valence-electron chi connectivity index (χ1n) is 11.1. The Morgan fingerprint density at radius 2 is 1.88 bits per heavy atom. The van der Waals surface area contributed by atoms with Crippen LogP contribution in [0.1, 0.15) is 10.6 Å². The maximum atomic E-state index is 13.1. The lowest BCUT2D eigenvalue weighted by Crippen LogP contribution is -2.49. The fourth-order valence-corrected chi connectivity index (χ4v) is 5.16. The van der Waals surface area contributed by atoms with Crippen LogP contribution >= 0.6 is 11.3 Å². The van der Waals surface area contributed by atoms with Crippen LogP contribution in [0.4, 0.5) is 0 Å². The summed E-state index contributed by atoms with van der Waals surface area (Å²) in [5.74, 6) is 0.907. The Morgan fingerprint density at radius 1 is 1.09 bits per heavy atom. The van der Waals surface area contributed by atoms with Gasteiger partial charge in [-0.25, -0.2) is 9.67 Å². The number of methoxy groups -OCH3 is 1. The molecule has 1 aliphatic rings. The molecule has 0 radical (unpaired) electrons. The van der Waals surface area contributed by atoms with Crippen LogP contribution in [0.15, 0.2) is 54.0 Å². The molecule has 0 bridgehead atoms. The number of hydrogen-bond donors (Lipinski definition) is 0. The van der Waals surface area contributed by atoms with E-state index in [2.05, 4.69) is 32.5 Å². The Labute approximate surface area is 197 Å². The first-order chi connectivity index (χ1) is 16.1. The zero-order valence-electron chi connectivity index (χ0n) is 18.9. The van der Waals surface area contributed by atoms with Crippen molar-refractivity contribution in [2.24, 2.45) is 0 Å².